The minimum absolute atomic E-state index is 0.00632. The van der Waals surface area contributed by atoms with Crippen LogP contribution in [0.4, 0.5) is 5.82 Å². The molecule has 0 spiro atoms. The zero-order chi connectivity index (χ0) is 26.5. The fourth-order valence-corrected chi connectivity index (χ4v) is 5.94. The molecule has 1 aliphatic heterocycles. The maximum Gasteiger partial charge on any atom is 0.303 e. The first-order chi connectivity index (χ1) is 17.8. The number of hydrogen-bond acceptors (Lipinski definition) is 4. The van der Waals surface area contributed by atoms with Crippen LogP contribution in [0.5, 0.6) is 0 Å². The molecule has 1 aliphatic rings. The molecule has 0 saturated carbocycles. The van der Waals surface area contributed by atoms with Crippen molar-refractivity contribution in [2.75, 3.05) is 24.5 Å². The lowest BCUT2D eigenvalue weighted by atomic mass is 9.93. The number of anilines is 1. The average molecular weight is 587 g/mol. The Morgan fingerprint density at radius 3 is 2.78 bits per heavy atom. The van der Waals surface area contributed by atoms with Crippen molar-refractivity contribution < 1.29 is 14.7 Å². The van der Waals surface area contributed by atoms with Crippen LogP contribution in [-0.2, 0) is 4.79 Å². The highest BCUT2D eigenvalue weighted by molar-refractivity contribution is 9.10. The van der Waals surface area contributed by atoms with Gasteiger partial charge in [0.2, 0.25) is 0 Å². The van der Waals surface area contributed by atoms with Crippen LogP contribution in [0, 0.1) is 12.8 Å². The Balaban J connectivity index is 1.68. The molecule has 1 aromatic heterocycles. The molecular weight excluding hydrogens is 554 g/mol. The molecule has 2 aromatic carbocycles. The van der Waals surface area contributed by atoms with E-state index in [1.54, 1.807) is 6.07 Å². The molecule has 0 bridgehead atoms. The quantitative estimate of drug-likeness (QED) is 0.283. The molecule has 3 aromatic rings. The van der Waals surface area contributed by atoms with Crippen LogP contribution in [0.1, 0.15) is 66.4 Å². The summed E-state index contributed by atoms with van der Waals surface area (Å²) in [6.07, 6.45) is 3.83. The second-order valence-electron chi connectivity index (χ2n) is 9.82. The van der Waals surface area contributed by atoms with E-state index >= 15 is 0 Å². The minimum Gasteiger partial charge on any atom is -0.481 e. The number of halogens is 2. The molecule has 6 nitrogen and oxygen atoms in total. The summed E-state index contributed by atoms with van der Waals surface area (Å²) in [6.45, 7) is 6.35. The number of aliphatic carboxylic acids is 1. The molecule has 0 unspecified atom stereocenters. The number of carbonyl (C=O) groups excluding carboxylic acids is 1. The van der Waals surface area contributed by atoms with E-state index < -0.39 is 5.97 Å². The Labute approximate surface area is 231 Å². The molecule has 8 heteroatoms. The highest BCUT2D eigenvalue weighted by atomic mass is 79.9. The summed E-state index contributed by atoms with van der Waals surface area (Å²) in [6, 6.07) is 13.2. The third-order valence-electron chi connectivity index (χ3n) is 7.35. The van der Waals surface area contributed by atoms with Gasteiger partial charge in [-0.1, -0.05) is 59.1 Å². The normalized spacial score (nSPS) is 16.5. The number of aromatic nitrogens is 1. The van der Waals surface area contributed by atoms with Crippen molar-refractivity contribution in [3.8, 4) is 0 Å². The third kappa shape index (κ3) is 6.44. The zero-order valence-corrected chi connectivity index (χ0v) is 23.6. The zero-order valence-electron chi connectivity index (χ0n) is 21.3. The van der Waals surface area contributed by atoms with E-state index in [0.29, 0.717) is 22.9 Å². The standard InChI is InChI=1S/C29H33BrClN3O3/c1-3-19-7-6-14-34(17-19)28-18(2)27(23-15-21(30)11-12-25(23)33-28)29(37)32-16-20(10-13-26(35)36)22-8-4-5-9-24(22)31/h4-5,8-9,11-12,15,19-20H,3,6-7,10,13-14,16-17H2,1-2H3,(H,32,37)(H,35,36)/t19-,20+/m1/s1. The van der Waals surface area contributed by atoms with Crippen LogP contribution in [0.15, 0.2) is 46.9 Å². The molecule has 1 fully saturated rings. The number of rotatable bonds is 9. The van der Waals surface area contributed by atoms with Crippen LogP contribution in [0.25, 0.3) is 10.9 Å². The number of hydrogen-bond donors (Lipinski definition) is 2. The third-order valence-corrected chi connectivity index (χ3v) is 8.19. The van der Waals surface area contributed by atoms with Crippen LogP contribution in [0.2, 0.25) is 5.02 Å². The Kier molecular flexibility index (Phi) is 9.08. The smallest absolute Gasteiger partial charge is 0.303 e. The van der Waals surface area contributed by atoms with Gasteiger partial charge in [-0.15, -0.1) is 0 Å². The first kappa shape index (κ1) is 27.4. The van der Waals surface area contributed by atoms with Crippen molar-refractivity contribution in [3.05, 3.63) is 68.7 Å². The predicted octanol–water partition coefficient (Wildman–Crippen LogP) is 6.96. The topological polar surface area (TPSA) is 82.5 Å². The fraction of sp³-hybridized carbons (Fsp3) is 0.414. The number of pyridine rings is 1. The van der Waals surface area contributed by atoms with Crippen LogP contribution < -0.4 is 10.2 Å². The number of piperidine rings is 1. The lowest BCUT2D eigenvalue weighted by Gasteiger charge is -2.34. The van der Waals surface area contributed by atoms with E-state index in [1.165, 1.54) is 6.42 Å². The van der Waals surface area contributed by atoms with Crippen molar-refractivity contribution in [2.45, 2.75) is 51.9 Å². The van der Waals surface area contributed by atoms with Gasteiger partial charge in [-0.2, -0.15) is 0 Å². The maximum atomic E-state index is 13.8. The van der Waals surface area contributed by atoms with E-state index in [-0.39, 0.29) is 24.8 Å². The van der Waals surface area contributed by atoms with Gasteiger partial charge >= 0.3 is 5.97 Å². The number of amides is 1. The number of nitrogens with zero attached hydrogens (tertiary/aromatic N) is 2. The Bertz CT molecular complexity index is 1300. The number of carboxylic acids is 1. The molecule has 1 amide bonds. The second kappa shape index (κ2) is 12.3. The molecule has 0 aliphatic carbocycles. The van der Waals surface area contributed by atoms with Crippen LogP contribution >= 0.6 is 27.5 Å². The summed E-state index contributed by atoms with van der Waals surface area (Å²) in [5.74, 6) is 0.201. The van der Waals surface area contributed by atoms with Gasteiger partial charge in [0.15, 0.2) is 0 Å². The van der Waals surface area contributed by atoms with Crippen LogP contribution in [0.3, 0.4) is 0 Å². The SMILES string of the molecule is CC[C@@H]1CCCN(c2nc3ccc(Br)cc3c(C(=O)NC[C@H](CCC(=O)O)c3ccccc3Cl)c2C)C1. The van der Waals surface area contributed by atoms with Crippen molar-refractivity contribution in [1.29, 1.82) is 0 Å². The summed E-state index contributed by atoms with van der Waals surface area (Å²) in [5.41, 5.74) is 3.08. The number of carbonyl (C=O) groups is 2. The molecule has 4 rings (SSSR count). The van der Waals surface area contributed by atoms with E-state index in [0.717, 1.165) is 58.3 Å². The summed E-state index contributed by atoms with van der Waals surface area (Å²) in [5, 5.41) is 13.7. The molecule has 37 heavy (non-hydrogen) atoms. The molecule has 196 valence electrons. The van der Waals surface area contributed by atoms with Crippen molar-refractivity contribution in [1.82, 2.24) is 10.3 Å². The first-order valence-corrected chi connectivity index (χ1v) is 14.0. The highest BCUT2D eigenvalue weighted by Crippen LogP contribution is 2.33. The van der Waals surface area contributed by atoms with Crippen molar-refractivity contribution in [2.24, 2.45) is 5.92 Å². The summed E-state index contributed by atoms with van der Waals surface area (Å²) < 4.78 is 0.877. The highest BCUT2D eigenvalue weighted by Gasteiger charge is 2.26. The minimum atomic E-state index is -0.874. The largest absolute Gasteiger partial charge is 0.481 e. The predicted molar refractivity (Wildman–Crippen MR) is 153 cm³/mol. The Morgan fingerprint density at radius 2 is 2.05 bits per heavy atom. The number of benzene rings is 2. The van der Waals surface area contributed by atoms with Gasteiger partial charge in [-0.3, -0.25) is 9.59 Å². The second-order valence-corrected chi connectivity index (χ2v) is 11.1. The lowest BCUT2D eigenvalue weighted by molar-refractivity contribution is -0.137. The summed E-state index contributed by atoms with van der Waals surface area (Å²) >= 11 is 9.99. The monoisotopic (exact) mass is 585 g/mol. The van der Waals surface area contributed by atoms with E-state index in [4.69, 9.17) is 16.6 Å². The van der Waals surface area contributed by atoms with Crippen molar-refractivity contribution in [3.63, 3.8) is 0 Å². The Hall–Kier alpha value is -2.64. The molecule has 2 N–H and O–H groups in total. The molecule has 2 heterocycles. The van der Waals surface area contributed by atoms with Gasteiger partial charge in [0, 0.05) is 52.4 Å². The van der Waals surface area contributed by atoms with Gasteiger partial charge in [0.25, 0.3) is 5.91 Å². The van der Waals surface area contributed by atoms with Gasteiger partial charge in [0.05, 0.1) is 11.1 Å². The van der Waals surface area contributed by atoms with Gasteiger partial charge in [-0.05, 0) is 61.9 Å². The lowest BCUT2D eigenvalue weighted by Crippen LogP contribution is -2.37. The number of nitrogens with one attached hydrogen (secondary N) is 1. The van der Waals surface area contributed by atoms with E-state index in [1.807, 2.05) is 43.3 Å². The molecule has 1 saturated heterocycles. The summed E-state index contributed by atoms with van der Waals surface area (Å²) in [7, 11) is 0. The fourth-order valence-electron chi connectivity index (χ4n) is 5.28. The maximum absolute atomic E-state index is 13.8. The average Bonchev–Trinajstić information content (AvgIpc) is 2.88. The molecule has 2 atom stereocenters. The molecule has 0 radical (unpaired) electrons. The van der Waals surface area contributed by atoms with Gasteiger partial charge < -0.3 is 15.3 Å². The Morgan fingerprint density at radius 1 is 1.27 bits per heavy atom. The van der Waals surface area contributed by atoms with Gasteiger partial charge in [0.1, 0.15) is 5.82 Å². The number of carboxylic acid groups (broad SMARTS) is 1. The van der Waals surface area contributed by atoms with Gasteiger partial charge in [-0.25, -0.2) is 4.98 Å². The number of fused-ring (bicyclic) bond motifs is 1. The van der Waals surface area contributed by atoms with E-state index in [2.05, 4.69) is 33.1 Å². The first-order valence-electron chi connectivity index (χ1n) is 12.9. The molecular formula is C29H33BrClN3O3. The van der Waals surface area contributed by atoms with Crippen LogP contribution in [-0.4, -0.2) is 41.6 Å². The van der Waals surface area contributed by atoms with Crippen molar-refractivity contribution >= 4 is 56.1 Å². The van der Waals surface area contributed by atoms with E-state index in [9.17, 15) is 14.7 Å². The summed E-state index contributed by atoms with van der Waals surface area (Å²) in [4.78, 5) is 32.4.